The molecule has 2 aromatic carbocycles. The summed E-state index contributed by atoms with van der Waals surface area (Å²) in [4.78, 5) is 27.0. The number of carbonyl (C=O) groups excluding carboxylic acids is 2. The number of hydrogen-bond donors (Lipinski definition) is 1. The van der Waals surface area contributed by atoms with E-state index in [0.29, 0.717) is 18.8 Å². The van der Waals surface area contributed by atoms with Gasteiger partial charge in [0.25, 0.3) is 0 Å². The minimum Gasteiger partial charge on any atom is -0.444 e. The van der Waals surface area contributed by atoms with Gasteiger partial charge in [-0.05, 0) is 68.7 Å². The molecule has 0 saturated heterocycles. The van der Waals surface area contributed by atoms with E-state index in [4.69, 9.17) is 9.16 Å². The Balaban J connectivity index is 2.05. The van der Waals surface area contributed by atoms with Gasteiger partial charge in [0.2, 0.25) is 5.91 Å². The second-order valence-electron chi connectivity index (χ2n) is 11.0. The molecule has 0 saturated carbocycles. The summed E-state index contributed by atoms with van der Waals surface area (Å²) in [5.41, 5.74) is 1.78. The first kappa shape index (κ1) is 27.6. The van der Waals surface area contributed by atoms with Crippen molar-refractivity contribution in [2.45, 2.75) is 71.7 Å². The van der Waals surface area contributed by atoms with Crippen LogP contribution in [-0.4, -0.2) is 39.1 Å². The summed E-state index contributed by atoms with van der Waals surface area (Å²) in [6.07, 6.45) is -0.255. The first-order chi connectivity index (χ1) is 15.7. The number of carbonyl (C=O) groups is 2. The third-order valence-electron chi connectivity index (χ3n) is 5.91. The Hall–Kier alpha value is -2.64. The second kappa shape index (κ2) is 11.2. The number of ether oxygens (including phenoxy) is 1. The Morgan fingerprint density at radius 3 is 2.03 bits per heavy atom. The number of benzene rings is 2. The van der Waals surface area contributed by atoms with Crippen molar-refractivity contribution in [3.8, 4) is 0 Å². The Kier molecular flexibility index (Phi) is 9.08. The molecule has 0 atom stereocenters. The van der Waals surface area contributed by atoms with Gasteiger partial charge in [0.1, 0.15) is 5.60 Å². The molecule has 2 rings (SSSR count). The van der Waals surface area contributed by atoms with E-state index in [0.717, 1.165) is 11.3 Å². The van der Waals surface area contributed by atoms with Crippen LogP contribution in [0.5, 0.6) is 0 Å². The van der Waals surface area contributed by atoms with Crippen molar-refractivity contribution in [3.63, 3.8) is 0 Å². The summed E-state index contributed by atoms with van der Waals surface area (Å²) >= 11 is 0. The highest BCUT2D eigenvalue weighted by Crippen LogP contribution is 2.36. The summed E-state index contributed by atoms with van der Waals surface area (Å²) in [6.45, 7) is 17.5. The molecule has 186 valence electrons. The zero-order valence-electron chi connectivity index (χ0n) is 21.9. The average molecular weight is 485 g/mol. The fraction of sp³-hybridized carbons (Fsp3) is 0.481. The van der Waals surface area contributed by atoms with Crippen LogP contribution >= 0.6 is 0 Å². The van der Waals surface area contributed by atoms with E-state index < -0.39 is 20.0 Å². The Morgan fingerprint density at radius 1 is 0.912 bits per heavy atom. The monoisotopic (exact) mass is 484 g/mol. The highest BCUT2D eigenvalue weighted by atomic mass is 28.4. The van der Waals surface area contributed by atoms with E-state index in [1.165, 1.54) is 0 Å². The fourth-order valence-corrected chi connectivity index (χ4v) is 4.05. The molecule has 0 heterocycles. The highest BCUT2D eigenvalue weighted by Gasteiger charge is 2.37. The number of amides is 2. The summed E-state index contributed by atoms with van der Waals surface area (Å²) in [5.74, 6) is -0.00196. The molecule has 7 heteroatoms. The average Bonchev–Trinajstić information content (AvgIpc) is 2.71. The topological polar surface area (TPSA) is 67.9 Å². The first-order valence-electron chi connectivity index (χ1n) is 11.8. The Labute approximate surface area is 205 Å². The van der Waals surface area contributed by atoms with Crippen LogP contribution in [0.4, 0.5) is 16.2 Å². The molecule has 0 aliphatic carbocycles. The van der Waals surface area contributed by atoms with Gasteiger partial charge < -0.3 is 14.1 Å². The molecule has 0 unspecified atom stereocenters. The summed E-state index contributed by atoms with van der Waals surface area (Å²) < 4.78 is 11.6. The summed E-state index contributed by atoms with van der Waals surface area (Å²) in [7, 11) is -1.90. The largest absolute Gasteiger partial charge is 0.444 e. The van der Waals surface area contributed by atoms with Crippen LogP contribution in [0.3, 0.4) is 0 Å². The lowest BCUT2D eigenvalue weighted by molar-refractivity contribution is -0.118. The zero-order chi connectivity index (χ0) is 25.6. The minimum absolute atomic E-state index is 0.00196. The molecular weight excluding hydrogens is 444 g/mol. The number of hydrogen-bond acceptors (Lipinski definition) is 4. The molecule has 0 aliphatic heterocycles. The summed E-state index contributed by atoms with van der Waals surface area (Å²) in [5, 5.41) is 2.83. The van der Waals surface area contributed by atoms with Gasteiger partial charge in [0, 0.05) is 17.9 Å². The number of para-hydroxylation sites is 1. The van der Waals surface area contributed by atoms with Gasteiger partial charge in [-0.3, -0.25) is 10.1 Å². The molecule has 34 heavy (non-hydrogen) atoms. The van der Waals surface area contributed by atoms with Crippen LogP contribution in [-0.2, 0) is 20.4 Å². The number of nitrogens with one attached hydrogen (secondary N) is 1. The van der Waals surface area contributed by atoms with Crippen LogP contribution in [0.25, 0.3) is 0 Å². The van der Waals surface area contributed by atoms with E-state index in [1.807, 2.05) is 63.2 Å². The van der Waals surface area contributed by atoms with Gasteiger partial charge in [-0.25, -0.2) is 4.79 Å². The van der Waals surface area contributed by atoms with Crippen molar-refractivity contribution in [2.24, 2.45) is 0 Å². The van der Waals surface area contributed by atoms with E-state index in [-0.39, 0.29) is 17.4 Å². The molecule has 2 amide bonds. The van der Waals surface area contributed by atoms with Crippen molar-refractivity contribution in [3.05, 3.63) is 60.2 Å². The van der Waals surface area contributed by atoms with E-state index in [1.54, 1.807) is 17.0 Å². The third kappa shape index (κ3) is 8.61. The van der Waals surface area contributed by atoms with Gasteiger partial charge >= 0.3 is 6.09 Å². The predicted molar refractivity (Wildman–Crippen MR) is 142 cm³/mol. The quantitative estimate of drug-likeness (QED) is 0.427. The van der Waals surface area contributed by atoms with Crippen LogP contribution in [0.1, 0.15) is 47.1 Å². The lowest BCUT2D eigenvalue weighted by Crippen LogP contribution is -2.44. The normalized spacial score (nSPS) is 12.2. The molecular formula is C27H40N2O4Si. The van der Waals surface area contributed by atoms with Gasteiger partial charge in [0.05, 0.1) is 13.0 Å². The second-order valence-corrected chi connectivity index (χ2v) is 15.8. The Bertz CT molecular complexity index is 945. The van der Waals surface area contributed by atoms with Crippen molar-refractivity contribution in [1.29, 1.82) is 0 Å². The zero-order valence-corrected chi connectivity index (χ0v) is 22.9. The standard InChI is InChI=1S/C27H40N2O4Si/c1-26(2,3)33-25(31)28-22-16-14-21(15-17-22)20-24(30)29(23-12-10-9-11-13-23)18-19-32-34(7,8)27(4,5)6/h9-17H,18-20H2,1-8H3,(H,28,31). The smallest absolute Gasteiger partial charge is 0.412 e. The van der Waals surface area contributed by atoms with E-state index >= 15 is 0 Å². The molecule has 2 aromatic rings. The minimum atomic E-state index is -1.90. The van der Waals surface area contributed by atoms with Crippen molar-refractivity contribution in [1.82, 2.24) is 0 Å². The maximum atomic E-state index is 13.3. The first-order valence-corrected chi connectivity index (χ1v) is 14.7. The van der Waals surface area contributed by atoms with Gasteiger partial charge in [-0.2, -0.15) is 0 Å². The van der Waals surface area contributed by atoms with Crippen LogP contribution in [0.15, 0.2) is 54.6 Å². The van der Waals surface area contributed by atoms with E-state index in [9.17, 15) is 9.59 Å². The summed E-state index contributed by atoms with van der Waals surface area (Å²) in [6, 6.07) is 16.9. The van der Waals surface area contributed by atoms with Crippen LogP contribution in [0.2, 0.25) is 18.1 Å². The molecule has 0 spiro atoms. The van der Waals surface area contributed by atoms with E-state index in [2.05, 4.69) is 39.2 Å². The lowest BCUT2D eigenvalue weighted by atomic mass is 10.1. The molecule has 1 N–H and O–H groups in total. The molecule has 0 aliphatic rings. The van der Waals surface area contributed by atoms with Gasteiger partial charge in [0.15, 0.2) is 8.32 Å². The number of nitrogens with zero attached hydrogens (tertiary/aromatic N) is 1. The molecule has 0 bridgehead atoms. The van der Waals surface area contributed by atoms with Gasteiger partial charge in [-0.15, -0.1) is 0 Å². The highest BCUT2D eigenvalue weighted by molar-refractivity contribution is 6.74. The fourth-order valence-electron chi connectivity index (χ4n) is 3.01. The van der Waals surface area contributed by atoms with Crippen LogP contribution < -0.4 is 10.2 Å². The van der Waals surface area contributed by atoms with Crippen molar-refractivity contribution < 1.29 is 18.8 Å². The van der Waals surface area contributed by atoms with Crippen molar-refractivity contribution >= 4 is 31.7 Å². The molecule has 0 radical (unpaired) electrons. The maximum absolute atomic E-state index is 13.3. The molecule has 0 aromatic heterocycles. The number of rotatable bonds is 8. The lowest BCUT2D eigenvalue weighted by Gasteiger charge is -2.36. The van der Waals surface area contributed by atoms with Crippen LogP contribution in [0, 0.1) is 0 Å². The number of anilines is 2. The Morgan fingerprint density at radius 2 is 1.50 bits per heavy atom. The molecule has 0 fully saturated rings. The van der Waals surface area contributed by atoms with Crippen molar-refractivity contribution in [2.75, 3.05) is 23.4 Å². The third-order valence-corrected chi connectivity index (χ3v) is 10.4. The predicted octanol–water partition coefficient (Wildman–Crippen LogP) is 6.63. The molecule has 6 nitrogen and oxygen atoms in total. The maximum Gasteiger partial charge on any atom is 0.412 e. The SMILES string of the molecule is CC(C)(C)OC(=O)Nc1ccc(CC(=O)N(CCO[Si](C)(C)C(C)(C)C)c2ccccc2)cc1. The van der Waals surface area contributed by atoms with Gasteiger partial charge in [-0.1, -0.05) is 51.1 Å².